The Balaban J connectivity index is 1.62. The van der Waals surface area contributed by atoms with Crippen molar-refractivity contribution in [3.05, 3.63) is 47.2 Å². The zero-order chi connectivity index (χ0) is 16.4. The van der Waals surface area contributed by atoms with Crippen LogP contribution in [0, 0.1) is 0 Å². The van der Waals surface area contributed by atoms with Crippen molar-refractivity contribution in [1.82, 2.24) is 19.0 Å². The molecule has 1 aliphatic heterocycles. The minimum absolute atomic E-state index is 0.253. The Morgan fingerprint density at radius 2 is 1.96 bits per heavy atom. The molecule has 0 atom stereocenters. The van der Waals surface area contributed by atoms with Gasteiger partial charge in [-0.1, -0.05) is 23.7 Å². The zero-order valence-electron chi connectivity index (χ0n) is 12.9. The van der Waals surface area contributed by atoms with E-state index in [9.17, 15) is 8.42 Å². The first-order chi connectivity index (χ1) is 10.9. The van der Waals surface area contributed by atoms with Crippen molar-refractivity contribution in [3.8, 4) is 0 Å². The fourth-order valence-electron chi connectivity index (χ4n) is 2.70. The summed E-state index contributed by atoms with van der Waals surface area (Å²) in [6.45, 7) is 3.15. The predicted molar refractivity (Wildman–Crippen MR) is 88.7 cm³/mol. The molecule has 0 unspecified atom stereocenters. The van der Waals surface area contributed by atoms with Crippen LogP contribution in [0.3, 0.4) is 0 Å². The minimum Gasteiger partial charge on any atom is -0.296 e. The lowest BCUT2D eigenvalue weighted by Gasteiger charge is -2.33. The van der Waals surface area contributed by atoms with Crippen LogP contribution in [0.1, 0.15) is 5.56 Å². The van der Waals surface area contributed by atoms with Crippen LogP contribution in [0.5, 0.6) is 0 Å². The van der Waals surface area contributed by atoms with Crippen molar-refractivity contribution >= 4 is 21.6 Å². The van der Waals surface area contributed by atoms with E-state index in [1.807, 2.05) is 24.3 Å². The number of hydrogen-bond acceptors (Lipinski definition) is 4. The second-order valence-electron chi connectivity index (χ2n) is 5.66. The molecule has 124 valence electrons. The highest BCUT2D eigenvalue weighted by Gasteiger charge is 2.29. The van der Waals surface area contributed by atoms with Crippen LogP contribution < -0.4 is 0 Å². The lowest BCUT2D eigenvalue weighted by Crippen LogP contribution is -2.48. The summed E-state index contributed by atoms with van der Waals surface area (Å²) in [7, 11) is -1.73. The van der Waals surface area contributed by atoms with E-state index >= 15 is 0 Å². The van der Waals surface area contributed by atoms with Crippen LogP contribution in [0.15, 0.2) is 41.6 Å². The number of aryl methyl sites for hydroxylation is 1. The third-order valence-corrected chi connectivity index (χ3v) is 6.03. The van der Waals surface area contributed by atoms with Crippen LogP contribution in [0.2, 0.25) is 5.02 Å². The first kappa shape index (κ1) is 16.4. The molecule has 0 radical (unpaired) electrons. The number of aromatic nitrogens is 2. The molecule has 1 aromatic heterocycles. The van der Waals surface area contributed by atoms with E-state index in [4.69, 9.17) is 11.6 Å². The van der Waals surface area contributed by atoms with E-state index in [-0.39, 0.29) is 4.90 Å². The van der Waals surface area contributed by atoms with Crippen LogP contribution in [-0.4, -0.2) is 53.6 Å². The topological polar surface area (TPSA) is 58.4 Å². The molecule has 1 aliphatic rings. The van der Waals surface area contributed by atoms with Crippen molar-refractivity contribution in [2.45, 2.75) is 11.4 Å². The third-order valence-electron chi connectivity index (χ3n) is 3.95. The standard InChI is InChI=1S/C15H19ClN4O2S/c1-18-12-15(10-17-18)23(21,22)20-7-5-19(6-8-20)11-13-3-2-4-14(16)9-13/h2-4,9-10,12H,5-8,11H2,1H3. The average molecular weight is 355 g/mol. The van der Waals surface area contributed by atoms with Gasteiger partial charge in [0.2, 0.25) is 10.0 Å². The average Bonchev–Trinajstić information content (AvgIpc) is 2.95. The van der Waals surface area contributed by atoms with E-state index in [1.54, 1.807) is 7.05 Å². The molecular weight excluding hydrogens is 336 g/mol. The monoisotopic (exact) mass is 354 g/mol. The minimum atomic E-state index is -3.44. The SMILES string of the molecule is Cn1cc(S(=O)(=O)N2CCN(Cc3cccc(Cl)c3)CC2)cn1. The molecule has 1 fully saturated rings. The smallest absolute Gasteiger partial charge is 0.246 e. The Hall–Kier alpha value is -1.41. The molecule has 2 aromatic rings. The number of sulfonamides is 1. The lowest BCUT2D eigenvalue weighted by atomic mass is 10.2. The van der Waals surface area contributed by atoms with Gasteiger partial charge >= 0.3 is 0 Å². The van der Waals surface area contributed by atoms with Gasteiger partial charge in [-0.25, -0.2) is 8.42 Å². The number of benzene rings is 1. The fraction of sp³-hybridized carbons (Fsp3) is 0.400. The van der Waals surface area contributed by atoms with Crippen LogP contribution in [0.25, 0.3) is 0 Å². The second kappa shape index (κ2) is 6.60. The fourth-order valence-corrected chi connectivity index (χ4v) is 4.32. The highest BCUT2D eigenvalue weighted by atomic mass is 35.5. The molecule has 0 saturated carbocycles. The van der Waals surface area contributed by atoms with E-state index in [2.05, 4.69) is 10.00 Å². The lowest BCUT2D eigenvalue weighted by molar-refractivity contribution is 0.181. The summed E-state index contributed by atoms with van der Waals surface area (Å²) < 4.78 is 28.1. The maximum atomic E-state index is 12.5. The third kappa shape index (κ3) is 3.74. The summed E-state index contributed by atoms with van der Waals surface area (Å²) in [5.74, 6) is 0. The zero-order valence-corrected chi connectivity index (χ0v) is 14.5. The molecule has 0 N–H and O–H groups in total. The molecule has 1 saturated heterocycles. The first-order valence-corrected chi connectivity index (χ1v) is 9.22. The predicted octanol–water partition coefficient (Wildman–Crippen LogP) is 1.58. The van der Waals surface area contributed by atoms with Crippen LogP contribution in [0.4, 0.5) is 0 Å². The van der Waals surface area contributed by atoms with Crippen LogP contribution in [-0.2, 0) is 23.6 Å². The maximum Gasteiger partial charge on any atom is 0.246 e. The van der Waals surface area contributed by atoms with E-state index in [0.29, 0.717) is 26.2 Å². The Morgan fingerprint density at radius 3 is 2.57 bits per heavy atom. The summed E-state index contributed by atoms with van der Waals surface area (Å²) in [5.41, 5.74) is 1.14. The van der Waals surface area contributed by atoms with E-state index < -0.39 is 10.0 Å². The number of rotatable bonds is 4. The number of nitrogens with zero attached hydrogens (tertiary/aromatic N) is 4. The highest BCUT2D eigenvalue weighted by Crippen LogP contribution is 2.18. The summed E-state index contributed by atoms with van der Waals surface area (Å²) >= 11 is 6.00. The van der Waals surface area contributed by atoms with E-state index in [1.165, 1.54) is 21.4 Å². The van der Waals surface area contributed by atoms with Gasteiger partial charge < -0.3 is 0 Å². The number of hydrogen-bond donors (Lipinski definition) is 0. The Labute approximate surface area is 141 Å². The van der Waals surface area contributed by atoms with Gasteiger partial charge in [0, 0.05) is 51.0 Å². The second-order valence-corrected chi connectivity index (χ2v) is 8.03. The molecule has 0 amide bonds. The first-order valence-electron chi connectivity index (χ1n) is 7.41. The van der Waals surface area contributed by atoms with Crippen molar-refractivity contribution in [1.29, 1.82) is 0 Å². The molecular formula is C15H19ClN4O2S. The molecule has 6 nitrogen and oxygen atoms in total. The van der Waals surface area contributed by atoms with Crippen LogP contribution >= 0.6 is 11.6 Å². The molecule has 23 heavy (non-hydrogen) atoms. The molecule has 0 spiro atoms. The van der Waals surface area contributed by atoms with Gasteiger partial charge in [-0.3, -0.25) is 9.58 Å². The Bertz CT molecular complexity index is 782. The Kier molecular flexibility index (Phi) is 4.72. The molecule has 0 bridgehead atoms. The summed E-state index contributed by atoms with van der Waals surface area (Å²) in [5, 5.41) is 4.67. The molecule has 2 heterocycles. The van der Waals surface area contributed by atoms with Gasteiger partial charge in [0.15, 0.2) is 0 Å². The van der Waals surface area contributed by atoms with Crippen molar-refractivity contribution < 1.29 is 8.42 Å². The van der Waals surface area contributed by atoms with Gasteiger partial charge in [0.1, 0.15) is 4.90 Å². The highest BCUT2D eigenvalue weighted by molar-refractivity contribution is 7.89. The summed E-state index contributed by atoms with van der Waals surface area (Å²) in [4.78, 5) is 2.49. The van der Waals surface area contributed by atoms with Gasteiger partial charge in [-0.15, -0.1) is 0 Å². The molecule has 1 aromatic carbocycles. The van der Waals surface area contributed by atoms with Crippen molar-refractivity contribution in [2.24, 2.45) is 7.05 Å². The Morgan fingerprint density at radius 1 is 1.22 bits per heavy atom. The van der Waals surface area contributed by atoms with Gasteiger partial charge in [-0.05, 0) is 17.7 Å². The quantitative estimate of drug-likeness (QED) is 0.836. The summed E-state index contributed by atoms with van der Waals surface area (Å²) in [6.07, 6.45) is 2.93. The largest absolute Gasteiger partial charge is 0.296 e. The summed E-state index contributed by atoms with van der Waals surface area (Å²) in [6, 6.07) is 7.76. The van der Waals surface area contributed by atoms with Gasteiger partial charge in [0.25, 0.3) is 0 Å². The molecule has 8 heteroatoms. The number of halogens is 1. The number of piperazine rings is 1. The van der Waals surface area contributed by atoms with Crippen molar-refractivity contribution in [3.63, 3.8) is 0 Å². The van der Waals surface area contributed by atoms with Gasteiger partial charge in [0.05, 0.1) is 6.20 Å². The van der Waals surface area contributed by atoms with E-state index in [0.717, 1.165) is 17.1 Å². The molecule has 0 aliphatic carbocycles. The normalized spacial score (nSPS) is 17.5. The van der Waals surface area contributed by atoms with Crippen molar-refractivity contribution in [2.75, 3.05) is 26.2 Å². The maximum absolute atomic E-state index is 12.5. The molecule has 3 rings (SSSR count). The van der Waals surface area contributed by atoms with Gasteiger partial charge in [-0.2, -0.15) is 9.40 Å².